The number of anilines is 1. The number of nitrogen functional groups attached to an aromatic ring is 1. The standard InChI is InChI=1S/C21H28N4O2S/c1-3-5-12-17-24-19-20(15-10-6-7-11-16(15)23-21(19)22)25(17)27-13-8-9-14-28-18(26)4-2/h6-7,10-11H,3-5,8-9,12-14H2,1-2H3,(H2,22,23). The fraction of sp³-hybridized carbons (Fsp3) is 0.476. The third kappa shape index (κ3) is 4.58. The molecule has 0 unspecified atom stereocenters. The van der Waals surface area contributed by atoms with Crippen molar-refractivity contribution in [2.24, 2.45) is 0 Å². The Balaban J connectivity index is 1.83. The van der Waals surface area contributed by atoms with Crippen molar-refractivity contribution in [2.75, 3.05) is 18.1 Å². The minimum atomic E-state index is 0.248. The van der Waals surface area contributed by atoms with Gasteiger partial charge in [0.05, 0.1) is 5.52 Å². The molecule has 3 rings (SSSR count). The highest BCUT2D eigenvalue weighted by Gasteiger charge is 2.18. The van der Waals surface area contributed by atoms with E-state index < -0.39 is 0 Å². The van der Waals surface area contributed by atoms with Crippen molar-refractivity contribution in [3.63, 3.8) is 0 Å². The number of hydrogen-bond acceptors (Lipinski definition) is 6. The van der Waals surface area contributed by atoms with Crippen LogP contribution in [0.1, 0.15) is 51.8 Å². The van der Waals surface area contributed by atoms with Crippen LogP contribution in [0.4, 0.5) is 5.82 Å². The maximum absolute atomic E-state index is 11.4. The van der Waals surface area contributed by atoms with Crippen LogP contribution in [0.25, 0.3) is 21.9 Å². The van der Waals surface area contributed by atoms with Gasteiger partial charge in [0, 0.05) is 24.0 Å². The van der Waals surface area contributed by atoms with Gasteiger partial charge in [-0.1, -0.05) is 50.2 Å². The Kier molecular flexibility index (Phi) is 7.14. The Morgan fingerprint density at radius 1 is 1.18 bits per heavy atom. The molecule has 1 aromatic carbocycles. The number of nitrogens with two attached hydrogens (primary N) is 1. The van der Waals surface area contributed by atoms with E-state index in [1.807, 2.05) is 35.9 Å². The molecule has 6 nitrogen and oxygen atoms in total. The summed E-state index contributed by atoms with van der Waals surface area (Å²) in [4.78, 5) is 26.8. The molecule has 0 saturated carbocycles. The summed E-state index contributed by atoms with van der Waals surface area (Å²) in [7, 11) is 0. The van der Waals surface area contributed by atoms with Crippen LogP contribution < -0.4 is 10.6 Å². The molecular formula is C21H28N4O2S. The van der Waals surface area contributed by atoms with Gasteiger partial charge in [0.15, 0.2) is 10.9 Å². The summed E-state index contributed by atoms with van der Waals surface area (Å²) in [5.41, 5.74) is 8.63. The van der Waals surface area contributed by atoms with Crippen molar-refractivity contribution < 1.29 is 9.63 Å². The van der Waals surface area contributed by atoms with Crippen molar-refractivity contribution in [3.05, 3.63) is 30.1 Å². The number of carbonyl (C=O) groups is 1. The van der Waals surface area contributed by atoms with Gasteiger partial charge >= 0.3 is 0 Å². The van der Waals surface area contributed by atoms with Crippen LogP contribution >= 0.6 is 11.8 Å². The molecule has 0 fully saturated rings. The lowest BCUT2D eigenvalue weighted by molar-refractivity contribution is -0.110. The molecule has 2 heterocycles. The van der Waals surface area contributed by atoms with E-state index in [0.717, 1.165) is 60.1 Å². The third-order valence-electron chi connectivity index (χ3n) is 4.61. The van der Waals surface area contributed by atoms with Crippen LogP contribution in [0, 0.1) is 0 Å². The molecule has 0 spiro atoms. The Morgan fingerprint density at radius 2 is 2.00 bits per heavy atom. The van der Waals surface area contributed by atoms with Gasteiger partial charge in [-0.3, -0.25) is 4.79 Å². The molecule has 150 valence electrons. The van der Waals surface area contributed by atoms with Gasteiger partial charge in [-0.15, -0.1) is 0 Å². The summed E-state index contributed by atoms with van der Waals surface area (Å²) >= 11 is 1.41. The maximum Gasteiger partial charge on any atom is 0.188 e. The second-order valence-electron chi connectivity index (χ2n) is 6.75. The van der Waals surface area contributed by atoms with E-state index in [9.17, 15) is 4.79 Å². The van der Waals surface area contributed by atoms with Crippen LogP contribution in [0.15, 0.2) is 24.3 Å². The van der Waals surface area contributed by atoms with E-state index in [2.05, 4.69) is 11.9 Å². The lowest BCUT2D eigenvalue weighted by atomic mass is 10.2. The molecule has 0 radical (unpaired) electrons. The summed E-state index contributed by atoms with van der Waals surface area (Å²) in [5, 5.41) is 1.24. The third-order valence-corrected chi connectivity index (χ3v) is 5.71. The lowest BCUT2D eigenvalue weighted by Crippen LogP contribution is -2.16. The molecular weight excluding hydrogens is 372 g/mol. The van der Waals surface area contributed by atoms with Gasteiger partial charge in [-0.25, -0.2) is 9.97 Å². The number of aromatic nitrogens is 3. The second-order valence-corrected chi connectivity index (χ2v) is 7.90. The number of thioether (sulfide) groups is 1. The Bertz CT molecular complexity index is 954. The summed E-state index contributed by atoms with van der Waals surface area (Å²) in [5.74, 6) is 2.16. The molecule has 2 N–H and O–H groups in total. The molecule has 0 saturated heterocycles. The molecule has 3 aromatic rings. The fourth-order valence-electron chi connectivity index (χ4n) is 3.10. The number of imidazole rings is 1. The number of rotatable bonds is 10. The van der Waals surface area contributed by atoms with Crippen molar-refractivity contribution >= 4 is 44.6 Å². The predicted molar refractivity (Wildman–Crippen MR) is 116 cm³/mol. The number of fused-ring (bicyclic) bond motifs is 3. The number of aryl methyl sites for hydroxylation is 1. The van der Waals surface area contributed by atoms with Gasteiger partial charge < -0.3 is 10.6 Å². The Labute approximate surface area is 169 Å². The van der Waals surface area contributed by atoms with Crippen LogP contribution in [0.3, 0.4) is 0 Å². The molecule has 0 aliphatic carbocycles. The van der Waals surface area contributed by atoms with E-state index in [0.29, 0.717) is 24.4 Å². The van der Waals surface area contributed by atoms with E-state index in [1.165, 1.54) is 11.8 Å². The zero-order chi connectivity index (χ0) is 19.9. The lowest BCUT2D eigenvalue weighted by Gasteiger charge is -2.12. The zero-order valence-electron chi connectivity index (χ0n) is 16.6. The number of pyridine rings is 1. The molecule has 28 heavy (non-hydrogen) atoms. The first-order valence-electron chi connectivity index (χ1n) is 10.00. The topological polar surface area (TPSA) is 83.0 Å². The SMILES string of the molecule is CCCCc1nc2c(N)nc3ccccc3c2n1OCCCCSC(=O)CC. The van der Waals surface area contributed by atoms with Crippen LogP contribution in [-0.2, 0) is 11.2 Å². The number of para-hydroxylation sites is 1. The first-order valence-corrected chi connectivity index (χ1v) is 11.0. The molecule has 0 aliphatic heterocycles. The second kappa shape index (κ2) is 9.78. The van der Waals surface area contributed by atoms with Crippen LogP contribution in [-0.4, -0.2) is 32.2 Å². The monoisotopic (exact) mass is 400 g/mol. The van der Waals surface area contributed by atoms with Gasteiger partial charge in [0.25, 0.3) is 0 Å². The molecule has 2 aromatic heterocycles. The number of hydrogen-bond donors (Lipinski definition) is 1. The van der Waals surface area contributed by atoms with E-state index >= 15 is 0 Å². The van der Waals surface area contributed by atoms with E-state index in [-0.39, 0.29) is 5.12 Å². The molecule has 0 aliphatic rings. The minimum Gasteiger partial charge on any atom is -0.412 e. The Morgan fingerprint density at radius 3 is 2.79 bits per heavy atom. The van der Waals surface area contributed by atoms with Crippen LogP contribution in [0.5, 0.6) is 0 Å². The normalized spacial score (nSPS) is 11.4. The minimum absolute atomic E-state index is 0.248. The summed E-state index contributed by atoms with van der Waals surface area (Å²) < 4.78 is 1.86. The quantitative estimate of drug-likeness (QED) is 0.508. The first-order chi connectivity index (χ1) is 13.7. The highest BCUT2D eigenvalue weighted by molar-refractivity contribution is 8.13. The Hall–Kier alpha value is -2.28. The average Bonchev–Trinajstić information content (AvgIpc) is 3.08. The summed E-state index contributed by atoms with van der Waals surface area (Å²) in [6, 6.07) is 7.93. The molecule has 0 bridgehead atoms. The largest absolute Gasteiger partial charge is 0.412 e. The van der Waals surface area contributed by atoms with Crippen molar-refractivity contribution in [1.29, 1.82) is 0 Å². The number of nitrogens with zero attached hydrogens (tertiary/aromatic N) is 3. The van der Waals surface area contributed by atoms with Gasteiger partial charge in [0.2, 0.25) is 0 Å². The molecule has 0 atom stereocenters. The van der Waals surface area contributed by atoms with Crippen molar-refractivity contribution in [3.8, 4) is 0 Å². The maximum atomic E-state index is 11.4. The van der Waals surface area contributed by atoms with E-state index in [4.69, 9.17) is 15.6 Å². The average molecular weight is 401 g/mol. The number of unbranched alkanes of at least 4 members (excludes halogenated alkanes) is 2. The predicted octanol–water partition coefficient (Wildman–Crippen LogP) is 4.39. The van der Waals surface area contributed by atoms with Gasteiger partial charge in [-0.2, -0.15) is 4.73 Å². The first kappa shape index (κ1) is 20.5. The van der Waals surface area contributed by atoms with Crippen LogP contribution in [0.2, 0.25) is 0 Å². The molecule has 0 amide bonds. The van der Waals surface area contributed by atoms with E-state index in [1.54, 1.807) is 0 Å². The van der Waals surface area contributed by atoms with Gasteiger partial charge in [0.1, 0.15) is 23.5 Å². The number of benzene rings is 1. The zero-order valence-corrected chi connectivity index (χ0v) is 17.4. The summed E-state index contributed by atoms with van der Waals surface area (Å²) in [6.07, 6.45) is 5.37. The summed E-state index contributed by atoms with van der Waals surface area (Å²) in [6.45, 7) is 4.63. The van der Waals surface area contributed by atoms with Gasteiger partial charge in [-0.05, 0) is 25.3 Å². The smallest absolute Gasteiger partial charge is 0.188 e. The van der Waals surface area contributed by atoms with Crippen molar-refractivity contribution in [2.45, 2.75) is 52.4 Å². The highest BCUT2D eigenvalue weighted by Crippen LogP contribution is 2.28. The fourth-order valence-corrected chi connectivity index (χ4v) is 3.88. The van der Waals surface area contributed by atoms with Crippen molar-refractivity contribution in [1.82, 2.24) is 14.7 Å². The number of carbonyl (C=O) groups excluding carboxylic acids is 1. The highest BCUT2D eigenvalue weighted by atomic mass is 32.2. The molecule has 7 heteroatoms.